The fraction of sp³-hybridized carbons (Fsp3) is 0.158. The van der Waals surface area contributed by atoms with Crippen molar-refractivity contribution in [2.75, 3.05) is 5.32 Å². The van der Waals surface area contributed by atoms with Crippen molar-refractivity contribution in [3.63, 3.8) is 0 Å². The summed E-state index contributed by atoms with van der Waals surface area (Å²) < 4.78 is 4.20. The first kappa shape index (κ1) is 18.6. The minimum Gasteiger partial charge on any atom is -0.311 e. The number of amides is 1. The van der Waals surface area contributed by atoms with Crippen molar-refractivity contribution < 1.29 is 4.79 Å². The molecule has 1 N–H and O–H groups in total. The van der Waals surface area contributed by atoms with Crippen LogP contribution in [0.5, 0.6) is 0 Å². The number of hydrogen-bond donors (Lipinski definition) is 1. The molecule has 4 rings (SSSR count). The second-order valence-electron chi connectivity index (χ2n) is 6.18. The van der Waals surface area contributed by atoms with Crippen LogP contribution in [0, 0.1) is 0 Å². The summed E-state index contributed by atoms with van der Waals surface area (Å²) in [6.45, 7) is 0.818. The monoisotopic (exact) mass is 457 g/mol. The number of fused-ring (bicyclic) bond motifs is 1. The maximum absolute atomic E-state index is 12.4. The third-order valence-electron chi connectivity index (χ3n) is 4.26. The van der Waals surface area contributed by atoms with E-state index in [-0.39, 0.29) is 24.4 Å². The SMILES string of the molecule is O=C(CCn1cnc2sccc2c1=O)Nc1ccnn1Cc1ccc(Br)cc1. The summed E-state index contributed by atoms with van der Waals surface area (Å²) in [5.74, 6) is 0.432. The Balaban J connectivity index is 1.40. The third-order valence-corrected chi connectivity index (χ3v) is 5.61. The van der Waals surface area contributed by atoms with Gasteiger partial charge in [0.05, 0.1) is 24.5 Å². The second-order valence-corrected chi connectivity index (χ2v) is 7.99. The van der Waals surface area contributed by atoms with E-state index in [0.717, 1.165) is 10.0 Å². The Morgan fingerprint density at radius 3 is 2.82 bits per heavy atom. The Hall–Kier alpha value is -2.78. The Labute approximate surface area is 172 Å². The van der Waals surface area contributed by atoms with Gasteiger partial charge in [-0.25, -0.2) is 9.67 Å². The highest BCUT2D eigenvalue weighted by Crippen LogP contribution is 2.15. The van der Waals surface area contributed by atoms with Crippen molar-refractivity contribution in [2.45, 2.75) is 19.5 Å². The van der Waals surface area contributed by atoms with Gasteiger partial charge in [-0.1, -0.05) is 28.1 Å². The van der Waals surface area contributed by atoms with Crippen molar-refractivity contribution >= 4 is 49.2 Å². The van der Waals surface area contributed by atoms with E-state index in [2.05, 4.69) is 31.3 Å². The molecule has 0 bridgehead atoms. The summed E-state index contributed by atoms with van der Waals surface area (Å²) in [6.07, 6.45) is 3.31. The molecule has 0 saturated carbocycles. The van der Waals surface area contributed by atoms with Crippen LogP contribution in [0.1, 0.15) is 12.0 Å². The molecular formula is C19H16BrN5O2S. The summed E-state index contributed by atoms with van der Waals surface area (Å²) in [7, 11) is 0. The minimum absolute atomic E-state index is 0.126. The van der Waals surface area contributed by atoms with Crippen LogP contribution in [-0.4, -0.2) is 25.2 Å². The van der Waals surface area contributed by atoms with Gasteiger partial charge >= 0.3 is 0 Å². The molecule has 0 aliphatic rings. The van der Waals surface area contributed by atoms with Gasteiger partial charge in [-0.2, -0.15) is 5.10 Å². The van der Waals surface area contributed by atoms with Crippen LogP contribution in [0.25, 0.3) is 10.2 Å². The molecule has 9 heteroatoms. The maximum atomic E-state index is 12.4. The number of aryl methyl sites for hydroxylation is 1. The zero-order valence-corrected chi connectivity index (χ0v) is 17.1. The van der Waals surface area contributed by atoms with E-state index in [1.807, 2.05) is 29.6 Å². The Bertz CT molecular complexity index is 1180. The van der Waals surface area contributed by atoms with E-state index in [1.54, 1.807) is 23.0 Å². The number of carbonyl (C=O) groups is 1. The number of nitrogens with zero attached hydrogens (tertiary/aromatic N) is 4. The predicted octanol–water partition coefficient (Wildman–Crippen LogP) is 3.49. The zero-order valence-electron chi connectivity index (χ0n) is 14.7. The number of rotatable bonds is 6. The van der Waals surface area contributed by atoms with Gasteiger partial charge in [0.1, 0.15) is 10.6 Å². The van der Waals surface area contributed by atoms with E-state index in [4.69, 9.17) is 0 Å². The quantitative estimate of drug-likeness (QED) is 0.480. The van der Waals surface area contributed by atoms with Gasteiger partial charge in [0, 0.05) is 23.5 Å². The number of hydrogen-bond acceptors (Lipinski definition) is 5. The fourth-order valence-corrected chi connectivity index (χ4v) is 3.80. The lowest BCUT2D eigenvalue weighted by atomic mass is 10.2. The molecule has 1 amide bonds. The van der Waals surface area contributed by atoms with E-state index in [9.17, 15) is 9.59 Å². The molecule has 0 spiro atoms. The zero-order chi connectivity index (χ0) is 19.5. The van der Waals surface area contributed by atoms with Crippen molar-refractivity contribution in [3.8, 4) is 0 Å². The first-order valence-corrected chi connectivity index (χ1v) is 10.3. The molecule has 0 aliphatic heterocycles. The number of aromatic nitrogens is 4. The lowest BCUT2D eigenvalue weighted by Crippen LogP contribution is -2.23. The van der Waals surface area contributed by atoms with Crippen molar-refractivity contribution in [1.82, 2.24) is 19.3 Å². The van der Waals surface area contributed by atoms with Gasteiger partial charge in [-0.15, -0.1) is 11.3 Å². The van der Waals surface area contributed by atoms with Crippen LogP contribution < -0.4 is 10.9 Å². The normalized spacial score (nSPS) is 11.0. The Kier molecular flexibility index (Phi) is 5.36. The summed E-state index contributed by atoms with van der Waals surface area (Å²) in [5.41, 5.74) is 0.948. The number of benzene rings is 1. The molecule has 0 fully saturated rings. The average Bonchev–Trinajstić information content (AvgIpc) is 3.33. The van der Waals surface area contributed by atoms with Crippen LogP contribution in [0.2, 0.25) is 0 Å². The fourth-order valence-electron chi connectivity index (χ4n) is 2.81. The number of carbonyl (C=O) groups excluding carboxylic acids is 1. The topological polar surface area (TPSA) is 81.8 Å². The largest absolute Gasteiger partial charge is 0.311 e. The first-order valence-electron chi connectivity index (χ1n) is 8.59. The van der Waals surface area contributed by atoms with E-state index in [0.29, 0.717) is 22.6 Å². The van der Waals surface area contributed by atoms with Crippen LogP contribution in [0.3, 0.4) is 0 Å². The van der Waals surface area contributed by atoms with Crippen LogP contribution >= 0.6 is 27.3 Å². The standard InChI is InChI=1S/C19H16BrN5O2S/c20-14-3-1-13(2-4-14)11-25-16(5-8-22-25)23-17(26)6-9-24-12-21-18-15(19(24)27)7-10-28-18/h1-5,7-8,10,12H,6,9,11H2,(H,23,26). The summed E-state index contributed by atoms with van der Waals surface area (Å²) in [5, 5.41) is 9.56. The lowest BCUT2D eigenvalue weighted by molar-refractivity contribution is -0.116. The molecule has 142 valence electrons. The molecule has 7 nitrogen and oxygen atoms in total. The van der Waals surface area contributed by atoms with Crippen molar-refractivity contribution in [2.24, 2.45) is 0 Å². The highest BCUT2D eigenvalue weighted by Gasteiger charge is 2.10. The van der Waals surface area contributed by atoms with Gasteiger partial charge in [0.25, 0.3) is 5.56 Å². The third kappa shape index (κ3) is 4.05. The summed E-state index contributed by atoms with van der Waals surface area (Å²) in [6, 6.07) is 11.4. The first-order chi connectivity index (χ1) is 13.6. The van der Waals surface area contributed by atoms with Gasteiger partial charge in [0.15, 0.2) is 0 Å². The molecular weight excluding hydrogens is 442 g/mol. The van der Waals surface area contributed by atoms with E-state index in [1.165, 1.54) is 22.2 Å². The van der Waals surface area contributed by atoms with Gasteiger partial charge in [-0.3, -0.25) is 14.2 Å². The van der Waals surface area contributed by atoms with Gasteiger partial charge in [-0.05, 0) is 29.1 Å². The highest BCUT2D eigenvalue weighted by molar-refractivity contribution is 9.10. The van der Waals surface area contributed by atoms with Crippen LogP contribution in [-0.2, 0) is 17.9 Å². The average molecular weight is 458 g/mol. The lowest BCUT2D eigenvalue weighted by Gasteiger charge is -2.10. The molecule has 0 unspecified atom stereocenters. The van der Waals surface area contributed by atoms with E-state index >= 15 is 0 Å². The molecule has 0 atom stereocenters. The molecule has 3 aromatic heterocycles. The molecule has 28 heavy (non-hydrogen) atoms. The van der Waals surface area contributed by atoms with Crippen molar-refractivity contribution in [1.29, 1.82) is 0 Å². The van der Waals surface area contributed by atoms with Gasteiger partial charge < -0.3 is 5.32 Å². The summed E-state index contributed by atoms with van der Waals surface area (Å²) >= 11 is 4.84. The number of anilines is 1. The maximum Gasteiger partial charge on any atom is 0.262 e. The van der Waals surface area contributed by atoms with Crippen LogP contribution in [0.15, 0.2) is 63.6 Å². The highest BCUT2D eigenvalue weighted by atomic mass is 79.9. The smallest absolute Gasteiger partial charge is 0.262 e. The Morgan fingerprint density at radius 1 is 1.18 bits per heavy atom. The number of halogens is 1. The number of nitrogens with one attached hydrogen (secondary N) is 1. The Morgan fingerprint density at radius 2 is 2.00 bits per heavy atom. The molecule has 4 aromatic rings. The molecule has 1 aromatic carbocycles. The molecule has 3 heterocycles. The van der Waals surface area contributed by atoms with E-state index < -0.39 is 0 Å². The van der Waals surface area contributed by atoms with Crippen molar-refractivity contribution in [3.05, 3.63) is 74.7 Å². The predicted molar refractivity (Wildman–Crippen MR) is 113 cm³/mol. The minimum atomic E-state index is -0.185. The molecule has 0 radical (unpaired) electrons. The second kappa shape index (κ2) is 8.07. The van der Waals surface area contributed by atoms with Gasteiger partial charge in [0.2, 0.25) is 5.91 Å². The molecule has 0 saturated heterocycles. The number of thiophene rings is 1. The van der Waals surface area contributed by atoms with Crippen LogP contribution in [0.4, 0.5) is 5.82 Å². The molecule has 0 aliphatic carbocycles. The summed E-state index contributed by atoms with van der Waals surface area (Å²) in [4.78, 5) is 29.7.